The summed E-state index contributed by atoms with van der Waals surface area (Å²) in [6.07, 6.45) is -3.14. The molecule has 0 spiro atoms. The molecule has 1 rings (SSSR count). The summed E-state index contributed by atoms with van der Waals surface area (Å²) in [6, 6.07) is -0.713. The highest BCUT2D eigenvalue weighted by Gasteiger charge is 2.39. The van der Waals surface area contributed by atoms with E-state index in [1.807, 2.05) is 0 Å². The predicted molar refractivity (Wildman–Crippen MR) is 58.0 cm³/mol. The summed E-state index contributed by atoms with van der Waals surface area (Å²) in [5.74, 6) is 0.185. The van der Waals surface area contributed by atoms with Gasteiger partial charge in [0, 0.05) is 6.54 Å². The fourth-order valence-corrected chi connectivity index (χ4v) is 1.53. The Morgan fingerprint density at radius 1 is 1.25 bits per heavy atom. The van der Waals surface area contributed by atoms with Crippen molar-refractivity contribution in [2.45, 2.75) is 30.8 Å². The highest BCUT2D eigenvalue weighted by Crippen LogP contribution is 2.12. The molecule has 0 saturated carbocycles. The molecule has 1 heterocycles. The van der Waals surface area contributed by atoms with Crippen LogP contribution < -0.4 is 11.1 Å². The smallest absolute Gasteiger partial charge is 0.139 e. The molecule has 7 nitrogen and oxygen atoms in total. The summed E-state index contributed by atoms with van der Waals surface area (Å²) in [5.41, 5.74) is 5.30. The van der Waals surface area contributed by atoms with Crippen LogP contribution in [0.15, 0.2) is 4.99 Å². The van der Waals surface area contributed by atoms with Gasteiger partial charge in [0.1, 0.15) is 24.1 Å². The van der Waals surface area contributed by atoms with Gasteiger partial charge < -0.3 is 31.5 Å². The molecule has 0 bridgehead atoms. The van der Waals surface area contributed by atoms with Crippen LogP contribution in [0.2, 0.25) is 0 Å². The highest BCUT2D eigenvalue weighted by atomic mass is 16.4. The molecule has 16 heavy (non-hydrogen) atoms. The van der Waals surface area contributed by atoms with E-state index in [-0.39, 0.29) is 12.4 Å². The van der Waals surface area contributed by atoms with Crippen molar-refractivity contribution >= 4 is 5.84 Å². The molecule has 0 radical (unpaired) electrons. The van der Waals surface area contributed by atoms with E-state index in [4.69, 9.17) is 10.8 Å². The zero-order chi connectivity index (χ0) is 12.1. The molecule has 0 unspecified atom stereocenters. The first-order valence-electron chi connectivity index (χ1n) is 5.27. The van der Waals surface area contributed by atoms with Gasteiger partial charge in [-0.15, -0.1) is 0 Å². The normalized spacial score (nSPS) is 37.4. The molecule has 0 amide bonds. The number of nitrogens with two attached hydrogens (primary N) is 1. The number of hydrogen-bond acceptors (Lipinski definition) is 6. The Morgan fingerprint density at radius 2 is 1.94 bits per heavy atom. The zero-order valence-corrected chi connectivity index (χ0v) is 8.95. The minimum absolute atomic E-state index is 0.185. The van der Waals surface area contributed by atoms with Crippen molar-refractivity contribution in [2.75, 3.05) is 19.7 Å². The van der Waals surface area contributed by atoms with Crippen LogP contribution in [0.25, 0.3) is 0 Å². The van der Waals surface area contributed by atoms with Gasteiger partial charge in [-0.25, -0.2) is 0 Å². The molecule has 1 aliphatic heterocycles. The minimum Gasteiger partial charge on any atom is -0.394 e. The quantitative estimate of drug-likeness (QED) is 0.283. The van der Waals surface area contributed by atoms with E-state index < -0.39 is 24.4 Å². The second-order valence-electron chi connectivity index (χ2n) is 3.77. The van der Waals surface area contributed by atoms with Crippen molar-refractivity contribution in [2.24, 2.45) is 10.7 Å². The van der Waals surface area contributed by atoms with Crippen LogP contribution in [0, 0.1) is 0 Å². The van der Waals surface area contributed by atoms with Crippen molar-refractivity contribution < 1.29 is 20.4 Å². The van der Waals surface area contributed by atoms with Gasteiger partial charge in [0.25, 0.3) is 0 Å². The lowest BCUT2D eigenvalue weighted by Crippen LogP contribution is -2.63. The molecular weight excluding hydrogens is 214 g/mol. The van der Waals surface area contributed by atoms with Crippen LogP contribution in [0.4, 0.5) is 0 Å². The van der Waals surface area contributed by atoms with E-state index in [9.17, 15) is 15.3 Å². The van der Waals surface area contributed by atoms with Gasteiger partial charge in [-0.2, -0.15) is 0 Å². The first-order chi connectivity index (χ1) is 7.61. The lowest BCUT2D eigenvalue weighted by atomic mass is 9.95. The minimum atomic E-state index is -1.34. The van der Waals surface area contributed by atoms with Crippen LogP contribution in [0.5, 0.6) is 0 Å². The number of nitrogens with one attached hydrogen (secondary N) is 1. The number of aliphatic hydroxyl groups is 4. The molecule has 0 aromatic heterocycles. The Kier molecular flexibility index (Phi) is 5.10. The predicted octanol–water partition coefficient (Wildman–Crippen LogP) is -3.22. The number of aliphatic hydroxyl groups excluding tert-OH is 4. The summed E-state index contributed by atoms with van der Waals surface area (Å²) >= 11 is 0. The summed E-state index contributed by atoms with van der Waals surface area (Å²) in [7, 11) is 0. The lowest BCUT2D eigenvalue weighted by Gasteiger charge is -2.36. The van der Waals surface area contributed by atoms with Crippen molar-refractivity contribution in [1.29, 1.82) is 0 Å². The number of piperidine rings is 1. The summed E-state index contributed by atoms with van der Waals surface area (Å²) < 4.78 is 0. The highest BCUT2D eigenvalue weighted by molar-refractivity contribution is 5.88. The van der Waals surface area contributed by atoms with Crippen molar-refractivity contribution in [1.82, 2.24) is 5.32 Å². The van der Waals surface area contributed by atoms with Gasteiger partial charge in [-0.3, -0.25) is 4.99 Å². The summed E-state index contributed by atoms with van der Waals surface area (Å²) in [4.78, 5) is 4.03. The van der Waals surface area contributed by atoms with Crippen molar-refractivity contribution in [3.8, 4) is 0 Å². The molecule has 1 fully saturated rings. The molecule has 1 aliphatic rings. The molecule has 4 atom stereocenters. The maximum absolute atomic E-state index is 9.60. The van der Waals surface area contributed by atoms with Gasteiger partial charge in [-0.05, 0) is 13.0 Å². The van der Waals surface area contributed by atoms with E-state index >= 15 is 0 Å². The number of nitrogens with zero attached hydrogens (tertiary/aromatic N) is 1. The zero-order valence-electron chi connectivity index (χ0n) is 8.95. The van der Waals surface area contributed by atoms with Gasteiger partial charge in [0.15, 0.2) is 0 Å². The molecule has 94 valence electrons. The van der Waals surface area contributed by atoms with Crippen LogP contribution in [0.1, 0.15) is 6.42 Å². The first-order valence-corrected chi connectivity index (χ1v) is 5.27. The van der Waals surface area contributed by atoms with E-state index in [1.54, 1.807) is 0 Å². The fraction of sp³-hybridized carbons (Fsp3) is 0.889. The average molecular weight is 233 g/mol. The Hall–Kier alpha value is -0.730. The van der Waals surface area contributed by atoms with Gasteiger partial charge in [-0.1, -0.05) is 0 Å². The second-order valence-corrected chi connectivity index (χ2v) is 3.77. The first kappa shape index (κ1) is 13.3. The molecular formula is C9H19N3O4. The topological polar surface area (TPSA) is 131 Å². The third kappa shape index (κ3) is 2.89. The van der Waals surface area contributed by atoms with Gasteiger partial charge >= 0.3 is 0 Å². The van der Waals surface area contributed by atoms with Crippen LogP contribution in [-0.4, -0.2) is 70.3 Å². The molecule has 0 aromatic carbocycles. The number of hydrogen-bond donors (Lipinski definition) is 6. The van der Waals surface area contributed by atoms with Crippen LogP contribution in [0.3, 0.4) is 0 Å². The lowest BCUT2D eigenvalue weighted by molar-refractivity contribution is -0.0681. The Bertz CT molecular complexity index is 247. The molecule has 7 heteroatoms. The van der Waals surface area contributed by atoms with Crippen molar-refractivity contribution in [3.63, 3.8) is 0 Å². The third-order valence-electron chi connectivity index (χ3n) is 2.54. The maximum Gasteiger partial charge on any atom is 0.139 e. The summed E-state index contributed by atoms with van der Waals surface area (Å²) in [5, 5.41) is 40.3. The van der Waals surface area contributed by atoms with Crippen LogP contribution in [-0.2, 0) is 0 Å². The molecule has 0 aliphatic carbocycles. The molecule has 7 N–H and O–H groups in total. The van der Waals surface area contributed by atoms with Crippen LogP contribution >= 0.6 is 0 Å². The SMILES string of the molecule is NCCCN=C1N[C@H](CO)[C@@H](O)[C@H](O)[C@H]1O. The van der Waals surface area contributed by atoms with E-state index in [0.29, 0.717) is 19.5 Å². The van der Waals surface area contributed by atoms with E-state index in [1.165, 1.54) is 0 Å². The monoisotopic (exact) mass is 233 g/mol. The second kappa shape index (κ2) is 6.12. The van der Waals surface area contributed by atoms with Gasteiger partial charge in [0.05, 0.1) is 12.6 Å². The maximum atomic E-state index is 9.60. The van der Waals surface area contributed by atoms with E-state index in [2.05, 4.69) is 10.3 Å². The average Bonchev–Trinajstić information content (AvgIpc) is 2.29. The van der Waals surface area contributed by atoms with E-state index in [0.717, 1.165) is 0 Å². The Labute approximate surface area is 93.6 Å². The molecule has 1 saturated heterocycles. The van der Waals surface area contributed by atoms with Gasteiger partial charge in [0.2, 0.25) is 0 Å². The number of amidine groups is 1. The number of rotatable bonds is 4. The summed E-state index contributed by atoms with van der Waals surface area (Å²) in [6.45, 7) is 0.569. The Morgan fingerprint density at radius 3 is 2.50 bits per heavy atom. The number of aliphatic imine (C=N–C) groups is 1. The third-order valence-corrected chi connectivity index (χ3v) is 2.54. The van der Waals surface area contributed by atoms with Crippen molar-refractivity contribution in [3.05, 3.63) is 0 Å². The fourth-order valence-electron chi connectivity index (χ4n) is 1.53. The largest absolute Gasteiger partial charge is 0.394 e. The Balaban J connectivity index is 2.66. The standard InChI is InChI=1S/C9H19N3O4/c10-2-1-3-11-9-8(16)7(15)6(14)5(4-13)12-9/h5-8,13-16H,1-4,10H2,(H,11,12)/t5-,6-,7+,8-/m1/s1. The molecule has 0 aromatic rings.